The van der Waals surface area contributed by atoms with Gasteiger partial charge in [-0.05, 0) is 37.7 Å². The molecule has 5 N–H and O–H groups in total. The molecule has 0 saturated heterocycles. The van der Waals surface area contributed by atoms with Crippen molar-refractivity contribution >= 4 is 17.1 Å². The molecule has 1 unspecified atom stereocenters. The number of rotatable bonds is 5. The Hall–Kier alpha value is -3.76. The number of hydrogen-bond acceptors (Lipinski definition) is 9. The number of fused-ring (bicyclic) bond motifs is 1. The van der Waals surface area contributed by atoms with Gasteiger partial charge in [0, 0.05) is 49.9 Å². The maximum atomic E-state index is 12.1. The summed E-state index contributed by atoms with van der Waals surface area (Å²) >= 11 is 0. The summed E-state index contributed by atoms with van der Waals surface area (Å²) in [6.07, 6.45) is 7.61. The van der Waals surface area contributed by atoms with E-state index in [2.05, 4.69) is 38.8 Å². The van der Waals surface area contributed by atoms with E-state index in [-0.39, 0.29) is 18.1 Å². The third-order valence-corrected chi connectivity index (χ3v) is 4.49. The van der Waals surface area contributed by atoms with Crippen LogP contribution in [0.2, 0.25) is 0 Å². The molecule has 184 valence electrons. The number of hydrazine groups is 1. The smallest absolute Gasteiger partial charge is 0.206 e. The Morgan fingerprint density at radius 3 is 2.65 bits per heavy atom. The number of pyridine rings is 1. The zero-order valence-corrected chi connectivity index (χ0v) is 20.4. The highest BCUT2D eigenvalue weighted by atomic mass is 16.5. The van der Waals surface area contributed by atoms with Gasteiger partial charge in [-0.3, -0.25) is 20.3 Å². The monoisotopic (exact) mass is 468 g/mol. The molecule has 1 atom stereocenters. The van der Waals surface area contributed by atoms with Crippen LogP contribution in [0, 0.1) is 0 Å². The molecule has 1 aromatic carbocycles. The van der Waals surface area contributed by atoms with Gasteiger partial charge in [0.15, 0.2) is 0 Å². The number of hydrogen-bond donors (Lipinski definition) is 3. The van der Waals surface area contributed by atoms with Crippen LogP contribution >= 0.6 is 0 Å². The van der Waals surface area contributed by atoms with E-state index in [4.69, 9.17) is 4.74 Å². The maximum absolute atomic E-state index is 12.1. The van der Waals surface area contributed by atoms with Crippen LogP contribution in [-0.4, -0.2) is 46.6 Å². The summed E-state index contributed by atoms with van der Waals surface area (Å²) < 4.78 is 7.57. The third-order valence-electron chi connectivity index (χ3n) is 4.49. The van der Waals surface area contributed by atoms with Crippen LogP contribution in [0.4, 0.5) is 0 Å². The van der Waals surface area contributed by atoms with Crippen molar-refractivity contribution in [1.82, 2.24) is 25.2 Å². The molecule has 1 aliphatic heterocycles. The van der Waals surface area contributed by atoms with Crippen molar-refractivity contribution in [2.24, 2.45) is 16.7 Å². The molecule has 34 heavy (non-hydrogen) atoms. The number of benzene rings is 1. The summed E-state index contributed by atoms with van der Waals surface area (Å²) in [5, 5.41) is 11.6. The fourth-order valence-corrected chi connectivity index (χ4v) is 2.88. The number of nitrogens with two attached hydrogens (primary N) is 2. The average Bonchev–Trinajstić information content (AvgIpc) is 2.91. The van der Waals surface area contributed by atoms with Crippen molar-refractivity contribution in [2.75, 3.05) is 20.6 Å². The zero-order chi connectivity index (χ0) is 25.3. The lowest BCUT2D eigenvalue weighted by Crippen LogP contribution is -2.28. The van der Waals surface area contributed by atoms with E-state index >= 15 is 0 Å². The second-order valence-electron chi connectivity index (χ2n) is 6.63. The normalized spacial score (nSPS) is 13.8. The molecule has 0 aliphatic carbocycles. The van der Waals surface area contributed by atoms with Gasteiger partial charge in [0.1, 0.15) is 18.1 Å². The van der Waals surface area contributed by atoms with Crippen molar-refractivity contribution in [2.45, 2.75) is 32.9 Å². The summed E-state index contributed by atoms with van der Waals surface area (Å²) in [7, 11) is 3.43. The van der Waals surface area contributed by atoms with Crippen molar-refractivity contribution in [3.05, 3.63) is 77.5 Å². The van der Waals surface area contributed by atoms with Crippen LogP contribution in [0.3, 0.4) is 0 Å². The van der Waals surface area contributed by atoms with E-state index in [0.717, 1.165) is 23.9 Å². The van der Waals surface area contributed by atoms with E-state index in [1.165, 1.54) is 19.3 Å². The number of nitrogens with one attached hydrogen (secondary N) is 1. The maximum Gasteiger partial charge on any atom is 0.206 e. The molecule has 3 heterocycles. The lowest BCUT2D eigenvalue weighted by Gasteiger charge is -2.24. The Morgan fingerprint density at radius 1 is 1.26 bits per heavy atom. The topological polar surface area (TPSA) is 137 Å². The average molecular weight is 469 g/mol. The molecule has 10 heteroatoms. The molecule has 0 saturated carbocycles. The standard InChI is InChI=1S/C19H19N5O2.C2H6N2.C2H6.CH5N/c1-23-9-6-15(12-21-23)24-10-7-19(25)18(22-24)13-26-16-4-5-17-14(11-16)3-2-8-20-17;1-2-4-3;2*1-2/h2-5,7-8,10-12,15H,6,9,13H2,1H3;2,4H,1,3H2;1-2H3;2H2,1H3. The SMILES string of the molecule is C=CNN.CC.CN.CN1CCC(n2ccc(=O)c(COc3ccc4ncccc4c3)n2)C=N1. The quantitative estimate of drug-likeness (QED) is 0.384. The van der Waals surface area contributed by atoms with E-state index in [1.54, 1.807) is 17.1 Å². The highest BCUT2D eigenvalue weighted by Gasteiger charge is 2.15. The van der Waals surface area contributed by atoms with Gasteiger partial charge in [-0.15, -0.1) is 0 Å². The summed E-state index contributed by atoms with van der Waals surface area (Å²) in [6.45, 7) is 8.22. The summed E-state index contributed by atoms with van der Waals surface area (Å²) in [6, 6.07) is 11.1. The van der Waals surface area contributed by atoms with Gasteiger partial charge >= 0.3 is 0 Å². The molecule has 0 radical (unpaired) electrons. The largest absolute Gasteiger partial charge is 0.487 e. The first kappa shape index (κ1) is 28.3. The molecule has 2 aromatic heterocycles. The Bertz CT molecular complexity index is 1080. The molecular formula is C24H36N8O2. The predicted octanol–water partition coefficient (Wildman–Crippen LogP) is 2.43. The number of nitrogens with zero attached hydrogens (tertiary/aromatic N) is 5. The molecule has 0 amide bonds. The molecule has 0 fully saturated rings. The molecule has 3 aromatic rings. The first-order valence-corrected chi connectivity index (χ1v) is 11.1. The van der Waals surface area contributed by atoms with Crippen molar-refractivity contribution < 1.29 is 4.74 Å². The minimum absolute atomic E-state index is 0.0530. The van der Waals surface area contributed by atoms with E-state index in [9.17, 15) is 4.79 Å². The van der Waals surface area contributed by atoms with Crippen LogP contribution in [0.15, 0.2) is 71.5 Å². The lowest BCUT2D eigenvalue weighted by atomic mass is 10.2. The third kappa shape index (κ3) is 8.64. The van der Waals surface area contributed by atoms with E-state index < -0.39 is 0 Å². The fraction of sp³-hybridized carbons (Fsp3) is 0.333. The van der Waals surface area contributed by atoms with Crippen LogP contribution in [0.5, 0.6) is 5.75 Å². The zero-order valence-electron chi connectivity index (χ0n) is 20.4. The summed E-state index contributed by atoms with van der Waals surface area (Å²) in [4.78, 5) is 16.4. The highest BCUT2D eigenvalue weighted by Crippen LogP contribution is 2.19. The summed E-state index contributed by atoms with van der Waals surface area (Å²) in [5.74, 6) is 5.34. The number of hydrazone groups is 1. The molecule has 0 spiro atoms. The Kier molecular flexibility index (Phi) is 13.3. The van der Waals surface area contributed by atoms with Gasteiger partial charge < -0.3 is 20.9 Å². The predicted molar refractivity (Wildman–Crippen MR) is 138 cm³/mol. The number of ether oxygens (including phenoxy) is 1. The van der Waals surface area contributed by atoms with Crippen LogP contribution in [0.1, 0.15) is 32.0 Å². The minimum Gasteiger partial charge on any atom is -0.487 e. The van der Waals surface area contributed by atoms with Gasteiger partial charge in [0.2, 0.25) is 5.43 Å². The van der Waals surface area contributed by atoms with Gasteiger partial charge in [-0.25, -0.2) is 0 Å². The van der Waals surface area contributed by atoms with Crippen LogP contribution in [-0.2, 0) is 6.61 Å². The second kappa shape index (κ2) is 15.9. The molecule has 4 rings (SSSR count). The van der Waals surface area contributed by atoms with Crippen LogP contribution in [0.25, 0.3) is 10.9 Å². The van der Waals surface area contributed by atoms with E-state index in [0.29, 0.717) is 11.4 Å². The van der Waals surface area contributed by atoms with Gasteiger partial charge in [-0.1, -0.05) is 26.5 Å². The Balaban J connectivity index is 0.000000644. The van der Waals surface area contributed by atoms with Crippen LogP contribution < -0.4 is 27.2 Å². The minimum atomic E-state index is -0.131. The first-order valence-electron chi connectivity index (χ1n) is 11.1. The molecular weight excluding hydrogens is 432 g/mol. The Labute approximate surface area is 200 Å². The van der Waals surface area contributed by atoms with Crippen molar-refractivity contribution in [1.29, 1.82) is 0 Å². The number of aromatic nitrogens is 3. The summed E-state index contributed by atoms with van der Waals surface area (Å²) in [5.41, 5.74) is 7.85. The lowest BCUT2D eigenvalue weighted by molar-refractivity contribution is 0.286. The van der Waals surface area contributed by atoms with Gasteiger partial charge in [0.05, 0.1) is 11.6 Å². The molecule has 0 bridgehead atoms. The van der Waals surface area contributed by atoms with Gasteiger partial charge in [-0.2, -0.15) is 10.2 Å². The second-order valence-corrected chi connectivity index (χ2v) is 6.63. The van der Waals surface area contributed by atoms with Crippen molar-refractivity contribution in [3.63, 3.8) is 0 Å². The van der Waals surface area contributed by atoms with Crippen molar-refractivity contribution in [3.8, 4) is 5.75 Å². The van der Waals surface area contributed by atoms with E-state index in [1.807, 2.05) is 62.5 Å². The fourth-order valence-electron chi connectivity index (χ4n) is 2.88. The molecule has 1 aliphatic rings. The van der Waals surface area contributed by atoms with Gasteiger partial charge in [0.25, 0.3) is 0 Å². The highest BCUT2D eigenvalue weighted by molar-refractivity contribution is 5.79. The Morgan fingerprint density at radius 2 is 2.00 bits per heavy atom. The molecule has 10 nitrogen and oxygen atoms in total. The first-order chi connectivity index (χ1) is 16.6.